The fraction of sp³-hybridized carbons (Fsp3) is 0.263. The molecule has 26 heavy (non-hydrogen) atoms. The Balaban J connectivity index is 1.41. The van der Waals surface area contributed by atoms with E-state index >= 15 is 0 Å². The number of anilines is 1. The van der Waals surface area contributed by atoms with Gasteiger partial charge < -0.3 is 10.2 Å². The minimum Gasteiger partial charge on any atom is -0.357 e. The third-order valence-corrected chi connectivity index (χ3v) is 5.23. The van der Waals surface area contributed by atoms with Crippen LogP contribution in [0.5, 0.6) is 0 Å². The second kappa shape index (κ2) is 7.61. The lowest BCUT2D eigenvalue weighted by molar-refractivity contribution is 0.0946. The molecule has 6 nitrogen and oxygen atoms in total. The number of hydrogen-bond donors (Lipinski definition) is 1. The van der Waals surface area contributed by atoms with Crippen molar-refractivity contribution in [1.29, 1.82) is 0 Å². The summed E-state index contributed by atoms with van der Waals surface area (Å²) >= 11 is 1.45. The van der Waals surface area contributed by atoms with Gasteiger partial charge in [-0.2, -0.15) is 0 Å². The Morgan fingerprint density at radius 1 is 1.19 bits per heavy atom. The van der Waals surface area contributed by atoms with Gasteiger partial charge in [0.1, 0.15) is 16.5 Å². The molecule has 0 unspecified atom stereocenters. The highest BCUT2D eigenvalue weighted by molar-refractivity contribution is 7.13. The van der Waals surface area contributed by atoms with Crippen LogP contribution in [0.15, 0.2) is 48.2 Å². The van der Waals surface area contributed by atoms with Gasteiger partial charge >= 0.3 is 0 Å². The Labute approximate surface area is 155 Å². The van der Waals surface area contributed by atoms with Gasteiger partial charge in [-0.25, -0.2) is 9.97 Å². The van der Waals surface area contributed by atoms with E-state index in [-0.39, 0.29) is 5.91 Å². The van der Waals surface area contributed by atoms with Gasteiger partial charge in [-0.05, 0) is 36.6 Å². The zero-order valence-corrected chi connectivity index (χ0v) is 15.1. The number of thiazole rings is 1. The molecule has 132 valence electrons. The number of amides is 1. The summed E-state index contributed by atoms with van der Waals surface area (Å²) in [6, 6.07) is 7.83. The largest absolute Gasteiger partial charge is 0.357 e. The highest BCUT2D eigenvalue weighted by Gasteiger charge is 2.15. The summed E-state index contributed by atoms with van der Waals surface area (Å²) in [5.41, 5.74) is 2.32. The molecule has 0 atom stereocenters. The molecule has 0 radical (unpaired) electrons. The predicted octanol–water partition coefficient (Wildman–Crippen LogP) is 3.13. The number of pyridine rings is 2. The standard InChI is InChI=1S/C19H19N5OS/c25-18(22-11-14-4-3-7-20-10-14)16-13-26-19(23-16)15-5-6-17(21-12-15)24-8-1-2-9-24/h3-7,10,12-13H,1-2,8-9,11H2,(H,22,25). The first-order valence-corrected chi connectivity index (χ1v) is 9.51. The molecule has 4 heterocycles. The van der Waals surface area contributed by atoms with Crippen LogP contribution in [0.3, 0.4) is 0 Å². The summed E-state index contributed by atoms with van der Waals surface area (Å²) in [6.07, 6.45) is 7.74. The maximum atomic E-state index is 12.3. The van der Waals surface area contributed by atoms with Crippen LogP contribution in [0.2, 0.25) is 0 Å². The van der Waals surface area contributed by atoms with E-state index in [0.717, 1.165) is 35.0 Å². The number of rotatable bonds is 5. The third-order valence-electron chi connectivity index (χ3n) is 4.34. The zero-order valence-electron chi connectivity index (χ0n) is 14.3. The average Bonchev–Trinajstić information content (AvgIpc) is 3.39. The smallest absolute Gasteiger partial charge is 0.271 e. The van der Waals surface area contributed by atoms with Gasteiger partial charge in [0, 0.05) is 49.2 Å². The molecular formula is C19H19N5OS. The summed E-state index contributed by atoms with van der Waals surface area (Å²) in [6.45, 7) is 2.58. The second-order valence-electron chi connectivity index (χ2n) is 6.18. The molecule has 1 fully saturated rings. The van der Waals surface area contributed by atoms with Crippen molar-refractivity contribution < 1.29 is 4.79 Å². The summed E-state index contributed by atoms with van der Waals surface area (Å²) in [7, 11) is 0. The molecule has 1 aliphatic rings. The Hall–Kier alpha value is -2.80. The first-order chi connectivity index (χ1) is 12.8. The van der Waals surface area contributed by atoms with Crippen molar-refractivity contribution in [3.8, 4) is 10.6 Å². The molecule has 0 saturated carbocycles. The first kappa shape index (κ1) is 16.7. The summed E-state index contributed by atoms with van der Waals surface area (Å²) in [5, 5.41) is 5.45. The van der Waals surface area contributed by atoms with Crippen LogP contribution in [-0.4, -0.2) is 33.9 Å². The quantitative estimate of drug-likeness (QED) is 0.752. The average molecular weight is 365 g/mol. The van der Waals surface area contributed by atoms with Gasteiger partial charge in [0.05, 0.1) is 0 Å². The van der Waals surface area contributed by atoms with E-state index < -0.39 is 0 Å². The van der Waals surface area contributed by atoms with Gasteiger partial charge in [0.2, 0.25) is 0 Å². The lowest BCUT2D eigenvalue weighted by atomic mass is 10.3. The summed E-state index contributed by atoms with van der Waals surface area (Å²) in [4.78, 5) is 27.6. The fourth-order valence-corrected chi connectivity index (χ4v) is 3.72. The van der Waals surface area contributed by atoms with Crippen molar-refractivity contribution in [1.82, 2.24) is 20.3 Å². The minimum atomic E-state index is -0.182. The Morgan fingerprint density at radius 2 is 2.08 bits per heavy atom. The number of carbonyl (C=O) groups excluding carboxylic acids is 1. The zero-order chi connectivity index (χ0) is 17.8. The Morgan fingerprint density at radius 3 is 2.81 bits per heavy atom. The number of hydrogen-bond acceptors (Lipinski definition) is 6. The van der Waals surface area contributed by atoms with Crippen molar-refractivity contribution in [3.05, 3.63) is 59.5 Å². The third kappa shape index (κ3) is 3.72. The van der Waals surface area contributed by atoms with Crippen LogP contribution < -0.4 is 10.2 Å². The number of nitrogens with zero attached hydrogens (tertiary/aromatic N) is 4. The van der Waals surface area contributed by atoms with E-state index in [4.69, 9.17) is 0 Å². The molecule has 0 aliphatic carbocycles. The van der Waals surface area contributed by atoms with Crippen LogP contribution in [0.4, 0.5) is 5.82 Å². The Bertz CT molecular complexity index is 872. The highest BCUT2D eigenvalue weighted by atomic mass is 32.1. The molecule has 1 amide bonds. The van der Waals surface area contributed by atoms with Crippen molar-refractivity contribution in [2.75, 3.05) is 18.0 Å². The molecule has 3 aromatic rings. The normalized spacial score (nSPS) is 13.8. The molecule has 4 rings (SSSR count). The molecule has 3 aromatic heterocycles. The molecule has 0 aromatic carbocycles. The van der Waals surface area contributed by atoms with Crippen molar-refractivity contribution in [2.24, 2.45) is 0 Å². The number of nitrogens with one attached hydrogen (secondary N) is 1. The lowest BCUT2D eigenvalue weighted by Crippen LogP contribution is -2.23. The predicted molar refractivity (Wildman–Crippen MR) is 102 cm³/mol. The maximum absolute atomic E-state index is 12.3. The van der Waals surface area contributed by atoms with Gasteiger partial charge in [-0.1, -0.05) is 6.07 Å². The maximum Gasteiger partial charge on any atom is 0.271 e. The molecular weight excluding hydrogens is 346 g/mol. The van der Waals surface area contributed by atoms with E-state index in [1.54, 1.807) is 17.8 Å². The summed E-state index contributed by atoms with van der Waals surface area (Å²) in [5.74, 6) is 0.829. The van der Waals surface area contributed by atoms with Gasteiger partial charge in [-0.3, -0.25) is 9.78 Å². The molecule has 7 heteroatoms. The number of carbonyl (C=O) groups is 1. The lowest BCUT2D eigenvalue weighted by Gasteiger charge is -2.15. The van der Waals surface area contributed by atoms with E-state index in [1.165, 1.54) is 24.2 Å². The topological polar surface area (TPSA) is 71.0 Å². The molecule has 0 spiro atoms. The molecule has 1 saturated heterocycles. The van der Waals surface area contributed by atoms with E-state index in [0.29, 0.717) is 12.2 Å². The van der Waals surface area contributed by atoms with Crippen LogP contribution in [0.1, 0.15) is 28.9 Å². The molecule has 0 bridgehead atoms. The van der Waals surface area contributed by atoms with Crippen molar-refractivity contribution in [3.63, 3.8) is 0 Å². The SMILES string of the molecule is O=C(NCc1cccnc1)c1csc(-c2ccc(N3CCCC3)nc2)n1. The van der Waals surface area contributed by atoms with Gasteiger partial charge in [-0.15, -0.1) is 11.3 Å². The van der Waals surface area contributed by atoms with Gasteiger partial charge in [0.15, 0.2) is 0 Å². The van der Waals surface area contributed by atoms with Crippen LogP contribution in [0, 0.1) is 0 Å². The monoisotopic (exact) mass is 365 g/mol. The van der Waals surface area contributed by atoms with E-state index in [1.807, 2.05) is 30.5 Å². The van der Waals surface area contributed by atoms with E-state index in [9.17, 15) is 4.79 Å². The molecule has 1 N–H and O–H groups in total. The Kier molecular flexibility index (Phi) is 4.88. The van der Waals surface area contributed by atoms with Crippen molar-refractivity contribution >= 4 is 23.1 Å². The fourth-order valence-electron chi connectivity index (χ4n) is 2.93. The molecule has 1 aliphatic heterocycles. The number of aromatic nitrogens is 3. The second-order valence-corrected chi connectivity index (χ2v) is 7.04. The highest BCUT2D eigenvalue weighted by Crippen LogP contribution is 2.25. The van der Waals surface area contributed by atoms with Crippen molar-refractivity contribution in [2.45, 2.75) is 19.4 Å². The van der Waals surface area contributed by atoms with E-state index in [2.05, 4.69) is 25.2 Å². The summed E-state index contributed by atoms with van der Waals surface area (Å²) < 4.78 is 0. The van der Waals surface area contributed by atoms with Crippen LogP contribution >= 0.6 is 11.3 Å². The first-order valence-electron chi connectivity index (χ1n) is 8.63. The van der Waals surface area contributed by atoms with Crippen LogP contribution in [0.25, 0.3) is 10.6 Å². The van der Waals surface area contributed by atoms with Crippen LogP contribution in [-0.2, 0) is 6.54 Å². The minimum absolute atomic E-state index is 0.182. The van der Waals surface area contributed by atoms with Gasteiger partial charge in [0.25, 0.3) is 5.91 Å².